The molecule has 0 atom stereocenters. The summed E-state index contributed by atoms with van der Waals surface area (Å²) in [5.41, 5.74) is 5.28. The van der Waals surface area contributed by atoms with Crippen LogP contribution in [0.3, 0.4) is 0 Å². The number of hydrogen-bond donors (Lipinski definition) is 1. The molecule has 0 unspecified atom stereocenters. The third-order valence-corrected chi connectivity index (χ3v) is 5.23. The summed E-state index contributed by atoms with van der Waals surface area (Å²) < 4.78 is 1.83. The van der Waals surface area contributed by atoms with E-state index in [9.17, 15) is 9.59 Å². The van der Waals surface area contributed by atoms with Crippen LogP contribution < -0.4 is 5.73 Å². The Kier molecular flexibility index (Phi) is 7.61. The summed E-state index contributed by atoms with van der Waals surface area (Å²) in [5, 5.41) is 10.9. The van der Waals surface area contributed by atoms with Crippen LogP contribution in [0.25, 0.3) is 10.7 Å². The van der Waals surface area contributed by atoms with Gasteiger partial charge in [-0.05, 0) is 11.4 Å². The molecule has 0 radical (unpaired) electrons. The van der Waals surface area contributed by atoms with Gasteiger partial charge in [0.2, 0.25) is 11.8 Å². The topological polar surface area (TPSA) is 94.1 Å². The van der Waals surface area contributed by atoms with E-state index in [-0.39, 0.29) is 18.1 Å². The average molecular weight is 392 g/mol. The maximum atomic E-state index is 12.4. The number of nitrogens with two attached hydrogens (primary N) is 1. The van der Waals surface area contributed by atoms with Gasteiger partial charge in [0, 0.05) is 26.1 Å². The Hall–Kier alpha value is -2.39. The van der Waals surface area contributed by atoms with Crippen molar-refractivity contribution >= 4 is 34.9 Å². The number of amides is 2. The van der Waals surface area contributed by atoms with Crippen LogP contribution in [0.1, 0.15) is 6.42 Å². The second-order valence-electron chi connectivity index (χ2n) is 5.32. The molecule has 2 rings (SSSR count). The standard InChI is InChI=1S/C17H21N5O2S2/c1-3-8-21(9-4-2)15(24)12-26-17-20-19-16(13-6-5-11-25-13)22(17)10-7-14(18)23/h3-6,11H,1-2,7-10,12H2,(H2,18,23). The number of aromatic nitrogens is 3. The maximum absolute atomic E-state index is 12.4. The number of nitrogens with zero attached hydrogens (tertiary/aromatic N) is 4. The summed E-state index contributed by atoms with van der Waals surface area (Å²) >= 11 is 2.82. The van der Waals surface area contributed by atoms with Crippen molar-refractivity contribution in [2.75, 3.05) is 18.8 Å². The number of carbonyl (C=O) groups excluding carboxylic acids is 2. The van der Waals surface area contributed by atoms with Crippen LogP contribution in [0, 0.1) is 0 Å². The molecule has 26 heavy (non-hydrogen) atoms. The fraction of sp³-hybridized carbons (Fsp3) is 0.294. The van der Waals surface area contributed by atoms with Gasteiger partial charge in [0.1, 0.15) is 0 Å². The minimum atomic E-state index is -0.397. The summed E-state index contributed by atoms with van der Waals surface area (Å²) in [5.74, 6) is 0.439. The summed E-state index contributed by atoms with van der Waals surface area (Å²) in [6.07, 6.45) is 3.53. The molecular weight excluding hydrogens is 370 g/mol. The van der Waals surface area contributed by atoms with E-state index in [0.29, 0.717) is 30.6 Å². The first-order valence-corrected chi connectivity index (χ1v) is 9.81. The lowest BCUT2D eigenvalue weighted by Crippen LogP contribution is -2.32. The molecule has 9 heteroatoms. The summed E-state index contributed by atoms with van der Waals surface area (Å²) in [6, 6.07) is 3.86. The molecule has 2 aromatic heterocycles. The maximum Gasteiger partial charge on any atom is 0.233 e. The van der Waals surface area contributed by atoms with Crippen LogP contribution in [0.15, 0.2) is 48.0 Å². The van der Waals surface area contributed by atoms with Gasteiger partial charge in [-0.1, -0.05) is 30.0 Å². The predicted octanol–water partition coefficient (Wildman–Crippen LogP) is 2.17. The third kappa shape index (κ3) is 5.30. The smallest absolute Gasteiger partial charge is 0.233 e. The minimum absolute atomic E-state index is 0.0445. The first-order chi connectivity index (χ1) is 12.6. The zero-order valence-electron chi connectivity index (χ0n) is 14.3. The molecule has 0 aliphatic rings. The van der Waals surface area contributed by atoms with Gasteiger partial charge in [0.05, 0.1) is 10.6 Å². The first kappa shape index (κ1) is 19.9. The van der Waals surface area contributed by atoms with Crippen molar-refractivity contribution in [2.45, 2.75) is 18.1 Å². The zero-order chi connectivity index (χ0) is 18.9. The summed E-state index contributed by atoms with van der Waals surface area (Å²) in [6.45, 7) is 8.62. The zero-order valence-corrected chi connectivity index (χ0v) is 16.0. The highest BCUT2D eigenvalue weighted by Gasteiger charge is 2.18. The lowest BCUT2D eigenvalue weighted by atomic mass is 10.4. The van der Waals surface area contributed by atoms with Crippen molar-refractivity contribution in [3.05, 3.63) is 42.8 Å². The van der Waals surface area contributed by atoms with Gasteiger partial charge in [-0.3, -0.25) is 9.59 Å². The Labute approximate surface area is 160 Å². The second kappa shape index (κ2) is 9.93. The Morgan fingerprint density at radius 1 is 1.31 bits per heavy atom. The molecule has 2 heterocycles. The number of thioether (sulfide) groups is 1. The SMILES string of the molecule is C=CCN(CC=C)C(=O)CSc1nnc(-c2cccs2)n1CCC(N)=O. The fourth-order valence-electron chi connectivity index (χ4n) is 2.21. The molecule has 0 aliphatic heterocycles. The quantitative estimate of drug-likeness (QED) is 0.468. The lowest BCUT2D eigenvalue weighted by molar-refractivity contribution is -0.127. The highest BCUT2D eigenvalue weighted by molar-refractivity contribution is 7.99. The predicted molar refractivity (Wildman–Crippen MR) is 105 cm³/mol. The Morgan fingerprint density at radius 3 is 2.62 bits per heavy atom. The van der Waals surface area contributed by atoms with E-state index in [1.54, 1.807) is 17.1 Å². The largest absolute Gasteiger partial charge is 0.370 e. The van der Waals surface area contributed by atoms with Gasteiger partial charge in [-0.2, -0.15) is 0 Å². The molecule has 0 spiro atoms. The average Bonchev–Trinajstić information content (AvgIpc) is 3.26. The molecular formula is C17H21N5O2S2. The van der Waals surface area contributed by atoms with E-state index in [4.69, 9.17) is 5.73 Å². The Bertz CT molecular complexity index is 760. The highest BCUT2D eigenvalue weighted by atomic mass is 32.2. The summed E-state index contributed by atoms with van der Waals surface area (Å²) in [7, 11) is 0. The molecule has 138 valence electrons. The van der Waals surface area contributed by atoms with Crippen LogP contribution in [0.2, 0.25) is 0 Å². The fourth-order valence-corrected chi connectivity index (χ4v) is 3.80. The third-order valence-electron chi connectivity index (χ3n) is 3.42. The number of carbonyl (C=O) groups is 2. The summed E-state index contributed by atoms with van der Waals surface area (Å²) in [4.78, 5) is 26.2. The molecule has 2 N–H and O–H groups in total. The first-order valence-electron chi connectivity index (χ1n) is 7.94. The van der Waals surface area contributed by atoms with Crippen LogP contribution in [0.5, 0.6) is 0 Å². The van der Waals surface area contributed by atoms with Crippen LogP contribution in [0.4, 0.5) is 0 Å². The molecule has 0 aliphatic carbocycles. The van der Waals surface area contributed by atoms with Crippen LogP contribution in [-0.2, 0) is 16.1 Å². The van der Waals surface area contributed by atoms with Gasteiger partial charge >= 0.3 is 0 Å². The molecule has 0 aromatic carbocycles. The minimum Gasteiger partial charge on any atom is -0.370 e. The van der Waals surface area contributed by atoms with Crippen molar-refractivity contribution in [2.24, 2.45) is 5.73 Å². The molecule has 0 saturated heterocycles. The number of thiophene rings is 1. The van der Waals surface area contributed by atoms with E-state index >= 15 is 0 Å². The number of primary amides is 1. The van der Waals surface area contributed by atoms with Crippen molar-refractivity contribution in [1.29, 1.82) is 0 Å². The molecule has 0 bridgehead atoms. The van der Waals surface area contributed by atoms with Gasteiger partial charge in [0.15, 0.2) is 11.0 Å². The number of rotatable bonds is 11. The van der Waals surface area contributed by atoms with Gasteiger partial charge < -0.3 is 15.2 Å². The van der Waals surface area contributed by atoms with Crippen molar-refractivity contribution < 1.29 is 9.59 Å². The number of hydrogen-bond acceptors (Lipinski definition) is 6. The van der Waals surface area contributed by atoms with Gasteiger partial charge in [-0.15, -0.1) is 34.7 Å². The molecule has 0 saturated carbocycles. The van der Waals surface area contributed by atoms with Gasteiger partial charge in [0.25, 0.3) is 0 Å². The molecule has 2 aromatic rings. The van der Waals surface area contributed by atoms with Crippen molar-refractivity contribution in [1.82, 2.24) is 19.7 Å². The molecule has 0 fully saturated rings. The van der Waals surface area contributed by atoms with Gasteiger partial charge in [-0.25, -0.2) is 0 Å². The Morgan fingerprint density at radius 2 is 2.04 bits per heavy atom. The van der Waals surface area contributed by atoms with E-state index in [2.05, 4.69) is 23.4 Å². The van der Waals surface area contributed by atoms with Crippen LogP contribution in [-0.4, -0.2) is 50.3 Å². The van der Waals surface area contributed by atoms with E-state index in [1.165, 1.54) is 23.1 Å². The Balaban J connectivity index is 2.15. The van der Waals surface area contributed by atoms with Crippen molar-refractivity contribution in [3.8, 4) is 10.7 Å². The van der Waals surface area contributed by atoms with E-state index in [0.717, 1.165) is 4.88 Å². The van der Waals surface area contributed by atoms with E-state index in [1.807, 2.05) is 22.1 Å². The second-order valence-corrected chi connectivity index (χ2v) is 7.21. The van der Waals surface area contributed by atoms with Crippen molar-refractivity contribution in [3.63, 3.8) is 0 Å². The van der Waals surface area contributed by atoms with Crippen LogP contribution >= 0.6 is 23.1 Å². The van der Waals surface area contributed by atoms with E-state index < -0.39 is 5.91 Å². The normalized spacial score (nSPS) is 10.5. The molecule has 7 nitrogen and oxygen atoms in total. The lowest BCUT2D eigenvalue weighted by Gasteiger charge is -2.18. The molecule has 2 amide bonds. The monoisotopic (exact) mass is 391 g/mol. The highest BCUT2D eigenvalue weighted by Crippen LogP contribution is 2.27.